The highest BCUT2D eigenvalue weighted by Crippen LogP contribution is 2.41. The summed E-state index contributed by atoms with van der Waals surface area (Å²) in [6, 6.07) is 0. The van der Waals surface area contributed by atoms with Crippen LogP contribution in [0.3, 0.4) is 0 Å². The van der Waals surface area contributed by atoms with E-state index in [-0.39, 0.29) is 0 Å². The van der Waals surface area contributed by atoms with Gasteiger partial charge in [0, 0.05) is 18.6 Å². The van der Waals surface area contributed by atoms with Crippen LogP contribution in [0.15, 0.2) is 0 Å². The van der Waals surface area contributed by atoms with E-state index >= 15 is 0 Å². The second-order valence-electron chi connectivity index (χ2n) is 7.49. The minimum atomic E-state index is 0.417. The van der Waals surface area contributed by atoms with Gasteiger partial charge in [-0.15, -0.1) is 0 Å². The Morgan fingerprint density at radius 1 is 1.22 bits per heavy atom. The maximum atomic E-state index is 3.84. The van der Waals surface area contributed by atoms with Crippen LogP contribution in [-0.2, 0) is 0 Å². The summed E-state index contributed by atoms with van der Waals surface area (Å²) in [4.78, 5) is 2.78. The van der Waals surface area contributed by atoms with Crippen LogP contribution in [-0.4, -0.2) is 36.6 Å². The molecule has 3 aliphatic rings. The first-order valence-corrected chi connectivity index (χ1v) is 8.13. The van der Waals surface area contributed by atoms with Crippen molar-refractivity contribution >= 4 is 0 Å². The Bertz CT molecular complexity index is 287. The van der Waals surface area contributed by atoms with Gasteiger partial charge < -0.3 is 10.2 Å². The second kappa shape index (κ2) is 5.13. The molecule has 0 amide bonds. The first-order chi connectivity index (χ1) is 8.66. The Morgan fingerprint density at radius 3 is 2.72 bits per heavy atom. The van der Waals surface area contributed by atoms with Crippen LogP contribution < -0.4 is 5.32 Å². The van der Waals surface area contributed by atoms with Gasteiger partial charge in [0.1, 0.15) is 0 Å². The van der Waals surface area contributed by atoms with Crippen molar-refractivity contribution in [2.45, 2.75) is 57.9 Å². The first-order valence-electron chi connectivity index (χ1n) is 8.13. The summed E-state index contributed by atoms with van der Waals surface area (Å²) < 4.78 is 0. The van der Waals surface area contributed by atoms with Crippen LogP contribution in [0.1, 0.15) is 52.4 Å². The average Bonchev–Trinajstić information content (AvgIpc) is 3.11. The molecule has 2 saturated carbocycles. The lowest BCUT2D eigenvalue weighted by Gasteiger charge is -2.35. The van der Waals surface area contributed by atoms with Gasteiger partial charge in [0.25, 0.3) is 0 Å². The van der Waals surface area contributed by atoms with E-state index in [1.165, 1.54) is 64.7 Å². The quantitative estimate of drug-likeness (QED) is 0.828. The van der Waals surface area contributed by atoms with Gasteiger partial charge in [-0.3, -0.25) is 0 Å². The van der Waals surface area contributed by atoms with E-state index in [1.807, 2.05) is 0 Å². The van der Waals surface area contributed by atoms with E-state index in [9.17, 15) is 0 Å². The Kier molecular flexibility index (Phi) is 3.68. The van der Waals surface area contributed by atoms with Crippen molar-refractivity contribution in [3.63, 3.8) is 0 Å². The number of hydrogen-bond acceptors (Lipinski definition) is 2. The molecule has 0 spiro atoms. The molecule has 2 heteroatoms. The van der Waals surface area contributed by atoms with E-state index in [4.69, 9.17) is 0 Å². The molecule has 3 atom stereocenters. The lowest BCUT2D eigenvalue weighted by Crippen LogP contribution is -2.51. The Balaban J connectivity index is 1.57. The summed E-state index contributed by atoms with van der Waals surface area (Å²) in [7, 11) is 0. The SMILES string of the molecule is CC1CCC(CN2CCCNC(C)(C3CC3)C2)C1. The van der Waals surface area contributed by atoms with Crippen LogP contribution >= 0.6 is 0 Å². The molecule has 0 aromatic rings. The van der Waals surface area contributed by atoms with Gasteiger partial charge in [-0.25, -0.2) is 0 Å². The third-order valence-corrected chi connectivity index (χ3v) is 5.53. The minimum Gasteiger partial charge on any atom is -0.310 e. The molecule has 2 aliphatic carbocycles. The molecule has 18 heavy (non-hydrogen) atoms. The van der Waals surface area contributed by atoms with Crippen molar-refractivity contribution < 1.29 is 0 Å². The molecule has 3 fully saturated rings. The zero-order chi connectivity index (χ0) is 12.6. The van der Waals surface area contributed by atoms with Crippen molar-refractivity contribution in [2.75, 3.05) is 26.2 Å². The van der Waals surface area contributed by atoms with Gasteiger partial charge in [0.2, 0.25) is 0 Å². The van der Waals surface area contributed by atoms with Crippen LogP contribution in [0.4, 0.5) is 0 Å². The fraction of sp³-hybridized carbons (Fsp3) is 1.00. The average molecular weight is 250 g/mol. The Morgan fingerprint density at radius 2 is 2.06 bits per heavy atom. The van der Waals surface area contributed by atoms with Gasteiger partial charge in [-0.2, -0.15) is 0 Å². The number of nitrogens with one attached hydrogen (secondary N) is 1. The van der Waals surface area contributed by atoms with Crippen molar-refractivity contribution in [1.82, 2.24) is 10.2 Å². The third kappa shape index (κ3) is 2.91. The molecular formula is C16H30N2. The standard InChI is InChI=1S/C16H30N2/c1-13-4-5-14(10-13)11-18-9-3-8-17-16(2,12-18)15-6-7-15/h13-15,17H,3-12H2,1-2H3. The van der Waals surface area contributed by atoms with Gasteiger partial charge in [0.15, 0.2) is 0 Å². The maximum Gasteiger partial charge on any atom is 0.0308 e. The summed E-state index contributed by atoms with van der Waals surface area (Å²) in [5, 5.41) is 3.84. The van der Waals surface area contributed by atoms with E-state index < -0.39 is 0 Å². The topological polar surface area (TPSA) is 15.3 Å². The van der Waals surface area contributed by atoms with Crippen molar-refractivity contribution in [2.24, 2.45) is 17.8 Å². The molecule has 0 aromatic carbocycles. The van der Waals surface area contributed by atoms with E-state index in [0.29, 0.717) is 5.54 Å². The first kappa shape index (κ1) is 12.9. The largest absolute Gasteiger partial charge is 0.310 e. The highest BCUT2D eigenvalue weighted by Gasteiger charge is 2.43. The lowest BCUT2D eigenvalue weighted by molar-refractivity contribution is 0.177. The molecule has 1 aliphatic heterocycles. The summed E-state index contributed by atoms with van der Waals surface area (Å²) in [5.41, 5.74) is 0.417. The number of hydrogen-bond donors (Lipinski definition) is 1. The maximum absolute atomic E-state index is 3.84. The van der Waals surface area contributed by atoms with E-state index in [1.54, 1.807) is 0 Å². The molecule has 1 N–H and O–H groups in total. The number of rotatable bonds is 3. The molecule has 3 rings (SSSR count). The fourth-order valence-electron chi connectivity index (χ4n) is 4.28. The monoisotopic (exact) mass is 250 g/mol. The molecular weight excluding hydrogens is 220 g/mol. The Hall–Kier alpha value is -0.0800. The van der Waals surface area contributed by atoms with Gasteiger partial charge in [-0.1, -0.05) is 13.3 Å². The zero-order valence-corrected chi connectivity index (χ0v) is 12.3. The summed E-state index contributed by atoms with van der Waals surface area (Å²) in [5.74, 6) is 2.93. The minimum absolute atomic E-state index is 0.417. The van der Waals surface area contributed by atoms with E-state index in [2.05, 4.69) is 24.1 Å². The van der Waals surface area contributed by atoms with Crippen LogP contribution in [0.5, 0.6) is 0 Å². The summed E-state index contributed by atoms with van der Waals surface area (Å²) in [6.07, 6.45) is 8.67. The molecule has 0 bridgehead atoms. The molecule has 1 saturated heterocycles. The molecule has 104 valence electrons. The van der Waals surface area contributed by atoms with Gasteiger partial charge >= 0.3 is 0 Å². The normalized spacial score (nSPS) is 43.0. The summed E-state index contributed by atoms with van der Waals surface area (Å²) in [6.45, 7) is 10.1. The van der Waals surface area contributed by atoms with Crippen molar-refractivity contribution in [3.8, 4) is 0 Å². The number of nitrogens with zero attached hydrogens (tertiary/aromatic N) is 1. The van der Waals surface area contributed by atoms with E-state index in [0.717, 1.165) is 17.8 Å². The molecule has 2 nitrogen and oxygen atoms in total. The molecule has 0 radical (unpaired) electrons. The van der Waals surface area contributed by atoms with Crippen LogP contribution in [0, 0.1) is 17.8 Å². The Labute approximate surface area is 113 Å². The van der Waals surface area contributed by atoms with Crippen LogP contribution in [0.2, 0.25) is 0 Å². The molecule has 3 unspecified atom stereocenters. The van der Waals surface area contributed by atoms with Crippen molar-refractivity contribution in [1.29, 1.82) is 0 Å². The van der Waals surface area contributed by atoms with Crippen LogP contribution in [0.25, 0.3) is 0 Å². The highest BCUT2D eigenvalue weighted by atomic mass is 15.2. The smallest absolute Gasteiger partial charge is 0.0308 e. The second-order valence-corrected chi connectivity index (χ2v) is 7.49. The molecule has 1 heterocycles. The summed E-state index contributed by atoms with van der Waals surface area (Å²) >= 11 is 0. The highest BCUT2D eigenvalue weighted by molar-refractivity contribution is 5.01. The zero-order valence-electron chi connectivity index (χ0n) is 12.3. The van der Waals surface area contributed by atoms with Crippen molar-refractivity contribution in [3.05, 3.63) is 0 Å². The fourth-order valence-corrected chi connectivity index (χ4v) is 4.28. The lowest BCUT2D eigenvalue weighted by atomic mass is 9.94. The third-order valence-electron chi connectivity index (χ3n) is 5.53. The predicted octanol–water partition coefficient (Wildman–Crippen LogP) is 2.89. The molecule has 0 aromatic heterocycles. The van der Waals surface area contributed by atoms with Gasteiger partial charge in [0.05, 0.1) is 0 Å². The van der Waals surface area contributed by atoms with Gasteiger partial charge in [-0.05, 0) is 69.9 Å². The predicted molar refractivity (Wildman–Crippen MR) is 76.7 cm³/mol.